The van der Waals surface area contributed by atoms with Crippen molar-refractivity contribution in [2.45, 2.75) is 26.0 Å². The molecule has 1 aromatic heterocycles. The van der Waals surface area contributed by atoms with Gasteiger partial charge in [-0.15, -0.1) is 0 Å². The van der Waals surface area contributed by atoms with Gasteiger partial charge in [0.2, 0.25) is 0 Å². The van der Waals surface area contributed by atoms with Crippen molar-refractivity contribution in [1.29, 1.82) is 0 Å². The lowest BCUT2D eigenvalue weighted by Gasteiger charge is -2.25. The Morgan fingerprint density at radius 3 is 2.52 bits per heavy atom. The molecule has 0 aliphatic carbocycles. The standard InChI is InChI=1S/C16H21N3O2/c1-16(2,21)11-18(3)15(20)14-6-4-13(5-7-14)10-19-9-8-17-12-19/h4-9,12,21H,10-11H2,1-3H3. The third kappa shape index (κ3) is 4.43. The van der Waals surface area contributed by atoms with Gasteiger partial charge in [0.25, 0.3) is 5.91 Å². The molecule has 0 spiro atoms. The number of amides is 1. The van der Waals surface area contributed by atoms with Crippen molar-refractivity contribution in [2.24, 2.45) is 0 Å². The second-order valence-electron chi connectivity index (χ2n) is 5.91. The number of aliphatic hydroxyl groups is 1. The molecular weight excluding hydrogens is 266 g/mol. The molecule has 5 nitrogen and oxygen atoms in total. The first-order valence-electron chi connectivity index (χ1n) is 6.88. The van der Waals surface area contributed by atoms with Gasteiger partial charge in [-0.25, -0.2) is 4.98 Å². The summed E-state index contributed by atoms with van der Waals surface area (Å²) in [5.41, 5.74) is 0.831. The van der Waals surface area contributed by atoms with E-state index in [1.807, 2.05) is 35.0 Å². The molecule has 0 aliphatic heterocycles. The highest BCUT2D eigenvalue weighted by Crippen LogP contribution is 2.11. The number of aromatic nitrogens is 2. The van der Waals surface area contributed by atoms with Crippen molar-refractivity contribution in [2.75, 3.05) is 13.6 Å². The number of likely N-dealkylation sites (N-methyl/N-ethyl adjacent to an activating group) is 1. The van der Waals surface area contributed by atoms with Crippen molar-refractivity contribution < 1.29 is 9.90 Å². The van der Waals surface area contributed by atoms with Gasteiger partial charge >= 0.3 is 0 Å². The molecule has 1 N–H and O–H groups in total. The molecule has 2 aromatic rings. The van der Waals surface area contributed by atoms with Crippen molar-refractivity contribution in [1.82, 2.24) is 14.5 Å². The summed E-state index contributed by atoms with van der Waals surface area (Å²) >= 11 is 0. The van der Waals surface area contributed by atoms with E-state index < -0.39 is 5.60 Å². The zero-order valence-electron chi connectivity index (χ0n) is 12.7. The van der Waals surface area contributed by atoms with Gasteiger partial charge in [0.1, 0.15) is 0 Å². The summed E-state index contributed by atoms with van der Waals surface area (Å²) in [5, 5.41) is 9.77. The number of hydrogen-bond acceptors (Lipinski definition) is 3. The topological polar surface area (TPSA) is 58.4 Å². The van der Waals surface area contributed by atoms with E-state index in [0.29, 0.717) is 12.1 Å². The number of nitrogens with zero attached hydrogens (tertiary/aromatic N) is 3. The normalized spacial score (nSPS) is 11.4. The maximum absolute atomic E-state index is 12.3. The molecule has 1 heterocycles. The fourth-order valence-electron chi connectivity index (χ4n) is 2.22. The predicted molar refractivity (Wildman–Crippen MR) is 81.0 cm³/mol. The molecule has 21 heavy (non-hydrogen) atoms. The summed E-state index contributed by atoms with van der Waals surface area (Å²) < 4.78 is 1.97. The Morgan fingerprint density at radius 2 is 2.00 bits per heavy atom. The third-order valence-corrected chi connectivity index (χ3v) is 3.10. The molecule has 1 aromatic carbocycles. The molecule has 0 saturated carbocycles. The van der Waals surface area contributed by atoms with Gasteiger partial charge in [0, 0.05) is 38.1 Å². The van der Waals surface area contributed by atoms with Crippen LogP contribution < -0.4 is 0 Å². The minimum Gasteiger partial charge on any atom is -0.389 e. The van der Waals surface area contributed by atoms with E-state index in [0.717, 1.165) is 12.1 Å². The number of carbonyl (C=O) groups excluding carboxylic acids is 1. The highest BCUT2D eigenvalue weighted by Gasteiger charge is 2.20. The van der Waals surface area contributed by atoms with Gasteiger partial charge in [-0.2, -0.15) is 0 Å². The second kappa shape index (κ2) is 6.10. The average Bonchev–Trinajstić information content (AvgIpc) is 2.90. The quantitative estimate of drug-likeness (QED) is 0.912. The van der Waals surface area contributed by atoms with E-state index in [1.165, 1.54) is 4.90 Å². The molecule has 112 valence electrons. The van der Waals surface area contributed by atoms with Crippen LogP contribution in [0.1, 0.15) is 29.8 Å². The van der Waals surface area contributed by atoms with Crippen molar-refractivity contribution >= 4 is 5.91 Å². The Bertz CT molecular complexity index is 583. The van der Waals surface area contributed by atoms with Crippen molar-refractivity contribution in [3.8, 4) is 0 Å². The van der Waals surface area contributed by atoms with E-state index in [2.05, 4.69) is 4.98 Å². The Morgan fingerprint density at radius 1 is 1.33 bits per heavy atom. The molecule has 0 aliphatic rings. The summed E-state index contributed by atoms with van der Waals surface area (Å²) in [5.74, 6) is -0.0914. The molecule has 1 amide bonds. The third-order valence-electron chi connectivity index (χ3n) is 3.10. The molecular formula is C16H21N3O2. The molecule has 0 saturated heterocycles. The van der Waals surface area contributed by atoms with Crippen LogP contribution >= 0.6 is 0 Å². The molecule has 0 radical (unpaired) electrons. The first-order valence-corrected chi connectivity index (χ1v) is 6.88. The lowest BCUT2D eigenvalue weighted by molar-refractivity contribution is 0.0368. The summed E-state index contributed by atoms with van der Waals surface area (Å²) in [6.07, 6.45) is 5.40. The van der Waals surface area contributed by atoms with E-state index in [1.54, 1.807) is 33.4 Å². The van der Waals surface area contributed by atoms with Crippen LogP contribution in [0.2, 0.25) is 0 Å². The van der Waals surface area contributed by atoms with Gasteiger partial charge in [-0.05, 0) is 31.5 Å². The molecule has 0 fully saturated rings. The van der Waals surface area contributed by atoms with Crippen LogP contribution in [0.3, 0.4) is 0 Å². The van der Waals surface area contributed by atoms with E-state index in [4.69, 9.17) is 0 Å². The lowest BCUT2D eigenvalue weighted by Crippen LogP contribution is -2.39. The molecule has 0 unspecified atom stereocenters. The molecule has 5 heteroatoms. The van der Waals surface area contributed by atoms with E-state index in [9.17, 15) is 9.90 Å². The van der Waals surface area contributed by atoms with Crippen LogP contribution in [0.4, 0.5) is 0 Å². The van der Waals surface area contributed by atoms with Gasteiger partial charge < -0.3 is 14.6 Å². The SMILES string of the molecule is CN(CC(C)(C)O)C(=O)c1ccc(Cn2ccnc2)cc1. The Kier molecular flexibility index (Phi) is 4.43. The fraction of sp³-hybridized carbons (Fsp3) is 0.375. The van der Waals surface area contributed by atoms with Crippen LogP contribution in [-0.2, 0) is 6.54 Å². The summed E-state index contributed by atoms with van der Waals surface area (Å²) in [7, 11) is 1.69. The smallest absolute Gasteiger partial charge is 0.253 e. The van der Waals surface area contributed by atoms with Crippen LogP contribution in [0.25, 0.3) is 0 Å². The Labute approximate surface area is 124 Å². The minimum absolute atomic E-state index is 0.0914. The first-order chi connectivity index (χ1) is 9.85. The molecule has 0 bridgehead atoms. The lowest BCUT2D eigenvalue weighted by atomic mass is 10.1. The number of imidazole rings is 1. The largest absolute Gasteiger partial charge is 0.389 e. The number of benzene rings is 1. The number of carbonyl (C=O) groups is 1. The Balaban J connectivity index is 2.03. The highest BCUT2D eigenvalue weighted by atomic mass is 16.3. The summed E-state index contributed by atoms with van der Waals surface area (Å²) in [4.78, 5) is 17.8. The van der Waals surface area contributed by atoms with Gasteiger partial charge in [-0.1, -0.05) is 12.1 Å². The van der Waals surface area contributed by atoms with Crippen LogP contribution in [0.15, 0.2) is 43.0 Å². The maximum atomic E-state index is 12.3. The average molecular weight is 287 g/mol. The van der Waals surface area contributed by atoms with Crippen molar-refractivity contribution in [3.63, 3.8) is 0 Å². The zero-order valence-corrected chi connectivity index (χ0v) is 12.7. The van der Waals surface area contributed by atoms with E-state index in [-0.39, 0.29) is 5.91 Å². The summed E-state index contributed by atoms with van der Waals surface area (Å²) in [6, 6.07) is 7.50. The van der Waals surface area contributed by atoms with Crippen LogP contribution in [-0.4, -0.2) is 44.7 Å². The van der Waals surface area contributed by atoms with Gasteiger partial charge in [0.15, 0.2) is 0 Å². The minimum atomic E-state index is -0.897. The number of rotatable bonds is 5. The zero-order chi connectivity index (χ0) is 15.5. The molecule has 2 rings (SSSR count). The van der Waals surface area contributed by atoms with Gasteiger partial charge in [-0.3, -0.25) is 4.79 Å². The summed E-state index contributed by atoms with van der Waals surface area (Å²) in [6.45, 7) is 4.40. The monoisotopic (exact) mass is 287 g/mol. The Hall–Kier alpha value is -2.14. The van der Waals surface area contributed by atoms with E-state index >= 15 is 0 Å². The highest BCUT2D eigenvalue weighted by molar-refractivity contribution is 5.94. The van der Waals surface area contributed by atoms with Crippen LogP contribution in [0.5, 0.6) is 0 Å². The molecule has 0 atom stereocenters. The predicted octanol–water partition coefficient (Wildman–Crippen LogP) is 1.77. The van der Waals surface area contributed by atoms with Crippen molar-refractivity contribution in [3.05, 3.63) is 54.1 Å². The van der Waals surface area contributed by atoms with Crippen LogP contribution in [0, 0.1) is 0 Å². The first kappa shape index (κ1) is 15.3. The number of hydrogen-bond donors (Lipinski definition) is 1. The second-order valence-corrected chi connectivity index (χ2v) is 5.91. The fourth-order valence-corrected chi connectivity index (χ4v) is 2.22. The van der Waals surface area contributed by atoms with Gasteiger partial charge in [0.05, 0.1) is 11.9 Å². The maximum Gasteiger partial charge on any atom is 0.253 e.